The van der Waals surface area contributed by atoms with Crippen molar-refractivity contribution in [2.24, 2.45) is 17.5 Å². The molecule has 0 spiro atoms. The zero-order valence-corrected chi connectivity index (χ0v) is 50.5. The third-order valence-electron chi connectivity index (χ3n) is 13.6. The third-order valence-corrected chi connectivity index (χ3v) is 13.6. The van der Waals surface area contributed by atoms with Crippen molar-refractivity contribution < 1.29 is 85.9 Å². The van der Waals surface area contributed by atoms with Crippen LogP contribution in [0.25, 0.3) is 11.2 Å². The van der Waals surface area contributed by atoms with Gasteiger partial charge in [0.25, 0.3) is 11.5 Å². The Balaban J connectivity index is 0.831. The van der Waals surface area contributed by atoms with E-state index in [4.69, 9.17) is 78.9 Å². The topological polar surface area (TPSA) is 407 Å². The number of nitrogens with one attached hydrogen (secondary N) is 5. The lowest BCUT2D eigenvalue weighted by molar-refractivity contribution is -0.154. The number of hydrogen-bond acceptors (Lipinski definition) is 24. The summed E-state index contributed by atoms with van der Waals surface area (Å²) in [5.74, 6) is 3.03. The number of allylic oxidation sites excluding steroid dienone is 1. The molecular weight excluding hydrogens is 1170 g/mol. The van der Waals surface area contributed by atoms with Gasteiger partial charge in [-0.25, -0.2) is 15.2 Å². The second-order valence-electron chi connectivity index (χ2n) is 20.6. The number of carbonyl (C=O) groups is 4. The lowest BCUT2D eigenvalue weighted by atomic mass is 10.0. The first-order valence-corrected chi connectivity index (χ1v) is 29.6. The summed E-state index contributed by atoms with van der Waals surface area (Å²) in [6.07, 6.45) is -1.71. The van der Waals surface area contributed by atoms with Crippen molar-refractivity contribution >= 4 is 46.4 Å². The molecular formula is C58H87N11O20. The van der Waals surface area contributed by atoms with Crippen LogP contribution >= 0.6 is 0 Å². The van der Waals surface area contributed by atoms with E-state index in [9.17, 15) is 33.9 Å². The Morgan fingerprint density at radius 3 is 1.84 bits per heavy atom. The molecule has 4 amide bonds. The number of benzene rings is 2. The summed E-state index contributed by atoms with van der Waals surface area (Å²) in [6.45, 7) is 12.6. The molecule has 2 aliphatic heterocycles. The number of aliphatic hydroxyl groups excluding tert-OH is 1. The summed E-state index contributed by atoms with van der Waals surface area (Å²) in [6, 6.07) is 12.2. The Hall–Kier alpha value is -6.79. The minimum absolute atomic E-state index is 0.00607. The highest BCUT2D eigenvalue weighted by atomic mass is 16.8. The van der Waals surface area contributed by atoms with Crippen molar-refractivity contribution in [2.45, 2.75) is 89.2 Å². The summed E-state index contributed by atoms with van der Waals surface area (Å²) >= 11 is 0. The Bertz CT molecular complexity index is 2910. The Morgan fingerprint density at radius 1 is 0.742 bits per heavy atom. The number of unbranched alkanes of at least 4 members (excludes halogenated alkanes) is 1. The van der Waals surface area contributed by atoms with E-state index in [0.29, 0.717) is 129 Å². The smallest absolute Gasteiger partial charge is 0.333 e. The van der Waals surface area contributed by atoms with Crippen molar-refractivity contribution in [3.63, 3.8) is 0 Å². The second-order valence-corrected chi connectivity index (χ2v) is 20.6. The molecule has 2 fully saturated rings. The predicted octanol–water partition coefficient (Wildman–Crippen LogP) is -0.562. The molecule has 4 aromatic rings. The van der Waals surface area contributed by atoms with Gasteiger partial charge in [0.2, 0.25) is 23.7 Å². The number of nitrogens with two attached hydrogens (primary N) is 3. The van der Waals surface area contributed by atoms with Gasteiger partial charge in [-0.1, -0.05) is 44.2 Å². The number of ether oxygens (including phenoxy) is 13. The van der Waals surface area contributed by atoms with Gasteiger partial charge in [-0.2, -0.15) is 4.98 Å². The number of hydrazine groups is 1. The van der Waals surface area contributed by atoms with Gasteiger partial charge in [-0.05, 0) is 61.6 Å². The number of anilines is 2. The minimum atomic E-state index is -1.14. The molecule has 6 rings (SSSR count). The van der Waals surface area contributed by atoms with Crippen molar-refractivity contribution in [3.05, 3.63) is 93.2 Å². The molecule has 2 aromatic heterocycles. The van der Waals surface area contributed by atoms with Crippen LogP contribution in [0, 0.1) is 5.92 Å². The number of rotatable bonds is 46. The number of amides is 4. The van der Waals surface area contributed by atoms with Gasteiger partial charge in [-0.15, -0.1) is 6.58 Å². The van der Waals surface area contributed by atoms with E-state index in [1.807, 2.05) is 5.43 Å². The van der Waals surface area contributed by atoms with E-state index >= 15 is 0 Å². The highest BCUT2D eigenvalue weighted by molar-refractivity contribution is 5.98. The number of hydrogen-bond donors (Lipinski definition) is 9. The highest BCUT2D eigenvalue weighted by Crippen LogP contribution is 2.44. The molecule has 0 radical (unpaired) electrons. The van der Waals surface area contributed by atoms with Crippen LogP contribution in [0.3, 0.4) is 0 Å². The van der Waals surface area contributed by atoms with Crippen LogP contribution in [0.1, 0.15) is 56.8 Å². The van der Waals surface area contributed by atoms with Gasteiger partial charge in [0, 0.05) is 17.8 Å². The molecule has 31 heteroatoms. The van der Waals surface area contributed by atoms with E-state index < -0.39 is 84.4 Å². The number of nitrogen functional groups attached to an aromatic ring is 1. The SMILES string of the molecule is C=CCn1c(=O)n(C2OC(CO)C3OC(c4cccc(OCc5ccc(NC(=O)C(CCCCN)NC(=O)C(NC(=O)COCCOCCOCCOCCOCCOCCOCCOCCOCC(=O)NN)C(C)C)cc5)c4)OC32)c2nc(N)[nH]c(=O)c21. The maximum absolute atomic E-state index is 13.8. The number of carbonyl (C=O) groups excluding carboxylic acids is 4. The molecule has 0 aliphatic carbocycles. The monoisotopic (exact) mass is 1260 g/mol. The van der Waals surface area contributed by atoms with Crippen LogP contribution in [0.5, 0.6) is 5.75 Å². The van der Waals surface area contributed by atoms with E-state index in [1.165, 1.54) is 15.2 Å². The van der Waals surface area contributed by atoms with E-state index in [2.05, 4.69) is 32.5 Å². The standard InChI is InChI=1S/C58H87N11O20/c1-4-16-68-48-51(65-57(60)66-54(48)75)69(58(68)76)55-50-49(44(34-70)87-55)88-56(89-50)40-8-7-9-42(33-40)86-35-39-11-13-41(14-12-39)62-52(73)43(10-5-6-15-59)63-53(74)47(38(2)3)64-45(71)36-84-31-29-82-27-25-80-23-21-78-19-17-77-18-20-79-22-24-81-26-28-83-30-32-85-37-46(72)67-61/h4,7-9,11-14,33,38,43-44,47,49-50,55-56,70H,1,5-6,10,15-32,34-37,59,61H2,2-3H3,(H,62,73)(H,63,74)(H,64,71)(H,67,72)(H3,60,65,66,75). The van der Waals surface area contributed by atoms with Crippen molar-refractivity contribution in [2.75, 3.05) is 143 Å². The average Bonchev–Trinajstić information content (AvgIpc) is 1.59. The summed E-state index contributed by atoms with van der Waals surface area (Å²) in [5, 5.41) is 18.7. The van der Waals surface area contributed by atoms with E-state index in [-0.39, 0.29) is 69.2 Å². The molecule has 0 bridgehead atoms. The third kappa shape index (κ3) is 23.2. The Morgan fingerprint density at radius 2 is 1.30 bits per heavy atom. The number of fused-ring (bicyclic) bond motifs is 2. The first-order chi connectivity index (χ1) is 43.3. The predicted molar refractivity (Wildman–Crippen MR) is 320 cm³/mol. The summed E-state index contributed by atoms with van der Waals surface area (Å²) in [4.78, 5) is 84.7. The summed E-state index contributed by atoms with van der Waals surface area (Å²) in [5.41, 5.74) is 14.2. The molecule has 7 unspecified atom stereocenters. The van der Waals surface area contributed by atoms with Gasteiger partial charge >= 0.3 is 5.69 Å². The number of nitrogens with zero attached hydrogens (tertiary/aromatic N) is 3. The fourth-order valence-electron chi connectivity index (χ4n) is 9.21. The lowest BCUT2D eigenvalue weighted by Crippen LogP contribution is -2.55. The number of imidazole rings is 1. The van der Waals surface area contributed by atoms with Gasteiger partial charge in [0.15, 0.2) is 23.7 Å². The average molecular weight is 1260 g/mol. The molecule has 0 saturated carbocycles. The Kier molecular flexibility index (Phi) is 31.5. The molecule has 2 saturated heterocycles. The van der Waals surface area contributed by atoms with Crippen LogP contribution in [0.4, 0.5) is 11.6 Å². The van der Waals surface area contributed by atoms with Gasteiger partial charge in [0.1, 0.15) is 56.0 Å². The molecule has 2 aliphatic rings. The van der Waals surface area contributed by atoms with Gasteiger partial charge in [-0.3, -0.25) is 38.9 Å². The maximum Gasteiger partial charge on any atom is 0.333 e. The number of aromatic amines is 1. The number of aromatic nitrogens is 4. The van der Waals surface area contributed by atoms with Crippen LogP contribution in [-0.4, -0.2) is 210 Å². The van der Waals surface area contributed by atoms with Crippen molar-refractivity contribution in [1.29, 1.82) is 0 Å². The molecule has 494 valence electrons. The fraction of sp³-hybridized carbons (Fsp3) is 0.603. The summed E-state index contributed by atoms with van der Waals surface area (Å²) < 4.78 is 76.1. The molecule has 12 N–H and O–H groups in total. The minimum Gasteiger partial charge on any atom is -0.489 e. The first kappa shape index (κ1) is 71.3. The van der Waals surface area contributed by atoms with E-state index in [0.717, 1.165) is 5.56 Å². The number of aliphatic hydroxyl groups is 1. The number of H-pyrrole nitrogens is 1. The normalized spacial score (nSPS) is 17.8. The van der Waals surface area contributed by atoms with Crippen LogP contribution < -0.4 is 54.7 Å². The van der Waals surface area contributed by atoms with Crippen LogP contribution in [0.2, 0.25) is 0 Å². The van der Waals surface area contributed by atoms with Crippen molar-refractivity contribution in [1.82, 2.24) is 35.2 Å². The van der Waals surface area contributed by atoms with Gasteiger partial charge in [0.05, 0.1) is 112 Å². The maximum atomic E-state index is 13.8. The highest BCUT2D eigenvalue weighted by Gasteiger charge is 2.54. The molecule has 4 heterocycles. The zero-order chi connectivity index (χ0) is 63.8. The quantitative estimate of drug-likeness (QED) is 0.00880. The lowest BCUT2D eigenvalue weighted by Gasteiger charge is -2.25. The van der Waals surface area contributed by atoms with E-state index in [1.54, 1.807) is 62.4 Å². The molecule has 31 nitrogen and oxygen atoms in total. The van der Waals surface area contributed by atoms with Crippen molar-refractivity contribution in [3.8, 4) is 5.75 Å². The van der Waals surface area contributed by atoms with Crippen LogP contribution in [0.15, 0.2) is 70.8 Å². The molecule has 89 heavy (non-hydrogen) atoms. The molecule has 2 aromatic carbocycles. The zero-order valence-electron chi connectivity index (χ0n) is 50.5. The van der Waals surface area contributed by atoms with Gasteiger partial charge < -0.3 is 94.1 Å². The molecule has 7 atom stereocenters. The first-order valence-electron chi connectivity index (χ1n) is 29.6. The largest absolute Gasteiger partial charge is 0.489 e. The fourth-order valence-corrected chi connectivity index (χ4v) is 9.21. The van der Waals surface area contributed by atoms with Crippen LogP contribution in [-0.2, 0) is 89.2 Å². The summed E-state index contributed by atoms with van der Waals surface area (Å²) in [7, 11) is 0. The Labute approximate surface area is 514 Å². The second kappa shape index (κ2) is 39.4.